The Kier molecular flexibility index (Phi) is 6.00. The Hall–Kier alpha value is -0.900. The predicted octanol–water partition coefficient (Wildman–Crippen LogP) is 0.633. The van der Waals surface area contributed by atoms with Crippen LogP contribution in [0.2, 0.25) is 0 Å². The minimum atomic E-state index is 0.706. The van der Waals surface area contributed by atoms with Gasteiger partial charge in [0.1, 0.15) is 0 Å². The molecular weight excluding hydrogens is 186 g/mol. The summed E-state index contributed by atoms with van der Waals surface area (Å²) in [6.07, 6.45) is 0. The topological polar surface area (TPSA) is 50.1 Å². The maximum atomic E-state index is 5.37. The zero-order valence-electron chi connectivity index (χ0n) is 9.42. The molecule has 1 rings (SSSR count). The van der Waals surface area contributed by atoms with E-state index in [0.717, 1.165) is 26.2 Å². The quantitative estimate of drug-likeness (QED) is 0.575. The summed E-state index contributed by atoms with van der Waals surface area (Å²) in [5.74, 6) is 0. The molecule has 0 atom stereocenters. The lowest BCUT2D eigenvalue weighted by Gasteiger charge is -2.06. The van der Waals surface area contributed by atoms with Gasteiger partial charge in [0, 0.05) is 32.7 Å². The lowest BCUT2D eigenvalue weighted by molar-refractivity contribution is 0.614. The molecule has 3 heteroatoms. The van der Waals surface area contributed by atoms with Crippen LogP contribution in [0.25, 0.3) is 0 Å². The second-order valence-corrected chi connectivity index (χ2v) is 3.70. The molecule has 0 aliphatic carbocycles. The molecule has 0 aliphatic heterocycles. The number of nitrogens with one attached hydrogen (secondary N) is 2. The van der Waals surface area contributed by atoms with E-state index < -0.39 is 0 Å². The molecular formula is C12H21N3. The number of aryl methyl sites for hydroxylation is 1. The molecule has 4 N–H and O–H groups in total. The molecule has 0 saturated carbocycles. The lowest BCUT2D eigenvalue weighted by atomic mass is 10.1. The van der Waals surface area contributed by atoms with Crippen LogP contribution in [-0.2, 0) is 6.54 Å². The molecule has 0 aromatic heterocycles. The van der Waals surface area contributed by atoms with E-state index >= 15 is 0 Å². The summed E-state index contributed by atoms with van der Waals surface area (Å²) in [4.78, 5) is 0. The summed E-state index contributed by atoms with van der Waals surface area (Å²) in [6, 6.07) is 8.57. The van der Waals surface area contributed by atoms with Crippen LogP contribution in [0.3, 0.4) is 0 Å². The van der Waals surface area contributed by atoms with E-state index in [2.05, 4.69) is 41.8 Å². The first-order valence-corrected chi connectivity index (χ1v) is 5.50. The van der Waals surface area contributed by atoms with Gasteiger partial charge in [0.05, 0.1) is 0 Å². The minimum absolute atomic E-state index is 0.706. The van der Waals surface area contributed by atoms with E-state index in [0.29, 0.717) is 6.54 Å². The van der Waals surface area contributed by atoms with Crippen LogP contribution in [0, 0.1) is 6.92 Å². The third-order valence-electron chi connectivity index (χ3n) is 2.21. The predicted molar refractivity (Wildman–Crippen MR) is 64.8 cm³/mol. The second kappa shape index (κ2) is 7.40. The summed E-state index contributed by atoms with van der Waals surface area (Å²) < 4.78 is 0. The summed E-state index contributed by atoms with van der Waals surface area (Å²) in [7, 11) is 0. The number of benzene rings is 1. The Morgan fingerprint density at radius 1 is 1.13 bits per heavy atom. The minimum Gasteiger partial charge on any atom is -0.329 e. The highest BCUT2D eigenvalue weighted by Gasteiger charge is 1.92. The Morgan fingerprint density at radius 2 is 1.93 bits per heavy atom. The Balaban J connectivity index is 2.10. The molecule has 15 heavy (non-hydrogen) atoms. The van der Waals surface area contributed by atoms with Crippen molar-refractivity contribution in [2.24, 2.45) is 5.73 Å². The molecule has 0 spiro atoms. The number of rotatable bonds is 7. The van der Waals surface area contributed by atoms with E-state index in [1.165, 1.54) is 11.1 Å². The summed E-state index contributed by atoms with van der Waals surface area (Å²) in [5.41, 5.74) is 8.02. The van der Waals surface area contributed by atoms with Gasteiger partial charge in [-0.2, -0.15) is 0 Å². The zero-order valence-corrected chi connectivity index (χ0v) is 9.42. The first-order valence-electron chi connectivity index (χ1n) is 5.50. The summed E-state index contributed by atoms with van der Waals surface area (Å²) >= 11 is 0. The fraction of sp³-hybridized carbons (Fsp3) is 0.500. The van der Waals surface area contributed by atoms with Crippen LogP contribution in [0.1, 0.15) is 11.1 Å². The average molecular weight is 207 g/mol. The van der Waals surface area contributed by atoms with Gasteiger partial charge in [-0.25, -0.2) is 0 Å². The molecule has 0 unspecified atom stereocenters. The van der Waals surface area contributed by atoms with Gasteiger partial charge in [0.15, 0.2) is 0 Å². The highest BCUT2D eigenvalue weighted by atomic mass is 14.9. The Bertz CT molecular complexity index is 273. The monoisotopic (exact) mass is 207 g/mol. The van der Waals surface area contributed by atoms with Gasteiger partial charge in [-0.15, -0.1) is 0 Å². The fourth-order valence-electron chi connectivity index (χ4n) is 1.46. The van der Waals surface area contributed by atoms with Crippen molar-refractivity contribution in [2.45, 2.75) is 13.5 Å². The third-order valence-corrected chi connectivity index (χ3v) is 2.21. The van der Waals surface area contributed by atoms with Crippen molar-refractivity contribution in [1.82, 2.24) is 10.6 Å². The molecule has 3 nitrogen and oxygen atoms in total. The van der Waals surface area contributed by atoms with Gasteiger partial charge < -0.3 is 16.4 Å². The normalized spacial score (nSPS) is 10.5. The van der Waals surface area contributed by atoms with Gasteiger partial charge in [-0.05, 0) is 12.5 Å². The maximum Gasteiger partial charge on any atom is 0.0206 e. The van der Waals surface area contributed by atoms with E-state index in [1.807, 2.05) is 0 Å². The van der Waals surface area contributed by atoms with Crippen LogP contribution >= 0.6 is 0 Å². The first kappa shape index (κ1) is 12.2. The smallest absolute Gasteiger partial charge is 0.0206 e. The average Bonchev–Trinajstić information content (AvgIpc) is 2.23. The molecule has 0 heterocycles. The lowest BCUT2D eigenvalue weighted by Crippen LogP contribution is -2.30. The standard InChI is InChI=1S/C12H21N3/c1-11-3-2-4-12(9-11)10-15-8-7-14-6-5-13/h2-4,9,14-15H,5-8,10,13H2,1H3. The van der Waals surface area contributed by atoms with Gasteiger partial charge in [0.25, 0.3) is 0 Å². The van der Waals surface area contributed by atoms with Crippen LogP contribution in [0.5, 0.6) is 0 Å². The Morgan fingerprint density at radius 3 is 2.67 bits per heavy atom. The van der Waals surface area contributed by atoms with Crippen LogP contribution in [0.15, 0.2) is 24.3 Å². The molecule has 84 valence electrons. The highest BCUT2D eigenvalue weighted by molar-refractivity contribution is 5.21. The molecule has 0 bridgehead atoms. The molecule has 0 saturated heterocycles. The van der Waals surface area contributed by atoms with Crippen molar-refractivity contribution in [3.8, 4) is 0 Å². The van der Waals surface area contributed by atoms with E-state index in [-0.39, 0.29) is 0 Å². The third kappa shape index (κ3) is 5.52. The van der Waals surface area contributed by atoms with Gasteiger partial charge in [0.2, 0.25) is 0 Å². The van der Waals surface area contributed by atoms with E-state index in [9.17, 15) is 0 Å². The zero-order chi connectivity index (χ0) is 10.9. The van der Waals surface area contributed by atoms with Crippen molar-refractivity contribution >= 4 is 0 Å². The highest BCUT2D eigenvalue weighted by Crippen LogP contribution is 2.02. The van der Waals surface area contributed by atoms with Crippen molar-refractivity contribution in [3.05, 3.63) is 35.4 Å². The van der Waals surface area contributed by atoms with Gasteiger partial charge >= 0.3 is 0 Å². The molecule has 0 fully saturated rings. The molecule has 0 aliphatic rings. The maximum absolute atomic E-state index is 5.37. The number of nitrogens with two attached hydrogens (primary N) is 1. The molecule has 1 aromatic rings. The van der Waals surface area contributed by atoms with Crippen molar-refractivity contribution in [3.63, 3.8) is 0 Å². The van der Waals surface area contributed by atoms with Crippen molar-refractivity contribution in [1.29, 1.82) is 0 Å². The van der Waals surface area contributed by atoms with Crippen molar-refractivity contribution in [2.75, 3.05) is 26.2 Å². The van der Waals surface area contributed by atoms with Crippen LogP contribution in [-0.4, -0.2) is 26.2 Å². The van der Waals surface area contributed by atoms with E-state index in [4.69, 9.17) is 5.73 Å². The second-order valence-electron chi connectivity index (χ2n) is 3.70. The van der Waals surface area contributed by atoms with Gasteiger partial charge in [-0.3, -0.25) is 0 Å². The molecule has 0 amide bonds. The number of hydrogen-bond donors (Lipinski definition) is 3. The van der Waals surface area contributed by atoms with E-state index in [1.54, 1.807) is 0 Å². The van der Waals surface area contributed by atoms with Crippen molar-refractivity contribution < 1.29 is 0 Å². The SMILES string of the molecule is Cc1cccc(CNCCNCCN)c1. The largest absolute Gasteiger partial charge is 0.329 e. The number of hydrogen-bond acceptors (Lipinski definition) is 3. The first-order chi connectivity index (χ1) is 7.33. The fourth-order valence-corrected chi connectivity index (χ4v) is 1.46. The Labute approximate surface area is 92.1 Å². The van der Waals surface area contributed by atoms with Crippen LogP contribution < -0.4 is 16.4 Å². The molecule has 0 radical (unpaired) electrons. The summed E-state index contributed by atoms with van der Waals surface area (Å²) in [6.45, 7) is 6.61. The molecule has 1 aromatic carbocycles. The van der Waals surface area contributed by atoms with Crippen LogP contribution in [0.4, 0.5) is 0 Å². The van der Waals surface area contributed by atoms with Gasteiger partial charge in [-0.1, -0.05) is 29.8 Å². The summed E-state index contributed by atoms with van der Waals surface area (Å²) in [5, 5.41) is 6.63.